The Hall–Kier alpha value is -6.00. The number of nitrogens with two attached hydrogens (primary N) is 2. The molecule has 0 radical (unpaired) electrons. The van der Waals surface area contributed by atoms with E-state index in [1.165, 1.54) is 0 Å². The normalized spacial score (nSPS) is 16.5. The Morgan fingerprint density at radius 1 is 0.746 bits per heavy atom. The van der Waals surface area contributed by atoms with Gasteiger partial charge in [-0.1, -0.05) is 44.2 Å². The molecule has 1 heterocycles. The minimum Gasteiger partial charge on any atom is -0.394 e. The van der Waals surface area contributed by atoms with E-state index in [0.29, 0.717) is 18.5 Å². The molecule has 1 fully saturated rings. The van der Waals surface area contributed by atoms with E-state index in [9.17, 15) is 58.2 Å². The Bertz CT molecular complexity index is 1640. The summed E-state index contributed by atoms with van der Waals surface area (Å²) in [5.74, 6) is -8.13. The van der Waals surface area contributed by atoms with Gasteiger partial charge in [-0.25, -0.2) is 0 Å². The standard InChI is InChI=1S/C37H56N10O12/c1-20(2)13-25(34(56)44-24(10-11-29(38)51)33(55)47-28(19-50)37(59)42-22(17-48)18-49)45-35(57)26(14-21-7-4-3-5-8-21)46-36(58)27(15-30(39)52)43-31(53)16-41-32(54)23-9-6-12-40-23/h3-5,7-8,17,20,22-28,40,49-50H,6,9-16,18-19H2,1-2H3,(H2,38,51)(H2,39,52)(H,41,54)(H,42,59)(H,43,53)(H,44,56)(H,45,57)(H,46,58)(H,47,55)/t22-,23+,24+,25+,26+,27+,28+/m1/s1. The molecule has 22 nitrogen and oxygen atoms in total. The largest absolute Gasteiger partial charge is 0.394 e. The van der Waals surface area contributed by atoms with Crippen LogP contribution in [0.25, 0.3) is 0 Å². The van der Waals surface area contributed by atoms with Crippen molar-refractivity contribution in [2.24, 2.45) is 17.4 Å². The third-order valence-corrected chi connectivity index (χ3v) is 8.93. The first-order valence-electron chi connectivity index (χ1n) is 19.1. The lowest BCUT2D eigenvalue weighted by atomic mass is 10.00. The number of aliphatic hydroxyl groups is 2. The van der Waals surface area contributed by atoms with Crippen molar-refractivity contribution in [2.45, 2.75) is 101 Å². The molecule has 0 spiro atoms. The average Bonchev–Trinajstić information content (AvgIpc) is 3.74. The monoisotopic (exact) mass is 832 g/mol. The molecule has 0 aliphatic carbocycles. The second kappa shape index (κ2) is 25.4. The maximum atomic E-state index is 14.0. The molecule has 0 aromatic heterocycles. The van der Waals surface area contributed by atoms with E-state index in [1.54, 1.807) is 44.2 Å². The topological polar surface area (TPSA) is 359 Å². The van der Waals surface area contributed by atoms with Crippen molar-refractivity contribution in [3.63, 3.8) is 0 Å². The van der Waals surface area contributed by atoms with Crippen molar-refractivity contribution in [1.29, 1.82) is 0 Å². The van der Waals surface area contributed by atoms with Crippen molar-refractivity contribution in [3.05, 3.63) is 35.9 Å². The number of amides is 9. The van der Waals surface area contributed by atoms with Crippen molar-refractivity contribution in [3.8, 4) is 0 Å². The van der Waals surface area contributed by atoms with Gasteiger partial charge in [-0.05, 0) is 43.7 Å². The van der Waals surface area contributed by atoms with Crippen LogP contribution in [-0.2, 0) is 54.4 Å². The van der Waals surface area contributed by atoms with Crippen LogP contribution in [0.5, 0.6) is 0 Å². The number of hydrogen-bond donors (Lipinski definition) is 12. The van der Waals surface area contributed by atoms with Gasteiger partial charge in [-0.2, -0.15) is 0 Å². The minimum atomic E-state index is -1.64. The quantitative estimate of drug-likeness (QED) is 0.0388. The number of carbonyl (C=O) groups is 10. The molecule has 1 aliphatic heterocycles. The van der Waals surface area contributed by atoms with Crippen LogP contribution < -0.4 is 54.0 Å². The van der Waals surface area contributed by atoms with Gasteiger partial charge in [0.2, 0.25) is 53.2 Å². The average molecular weight is 833 g/mol. The van der Waals surface area contributed by atoms with Crippen LogP contribution in [-0.4, -0.2) is 138 Å². The molecule has 1 saturated heterocycles. The van der Waals surface area contributed by atoms with Crippen LogP contribution in [0.3, 0.4) is 0 Å². The number of aldehydes is 1. The highest BCUT2D eigenvalue weighted by Gasteiger charge is 2.34. The van der Waals surface area contributed by atoms with Gasteiger partial charge < -0.3 is 69.0 Å². The maximum Gasteiger partial charge on any atom is 0.245 e. The zero-order valence-electron chi connectivity index (χ0n) is 33.0. The lowest BCUT2D eigenvalue weighted by molar-refractivity contribution is -0.136. The third kappa shape index (κ3) is 18.0. The highest BCUT2D eigenvalue weighted by atomic mass is 16.3. The first kappa shape index (κ1) is 49.1. The van der Waals surface area contributed by atoms with E-state index in [-0.39, 0.29) is 31.5 Å². The summed E-state index contributed by atoms with van der Waals surface area (Å²) in [6.45, 7) is 1.88. The first-order valence-corrected chi connectivity index (χ1v) is 19.1. The van der Waals surface area contributed by atoms with Crippen molar-refractivity contribution < 1.29 is 58.2 Å². The number of hydrogen-bond acceptors (Lipinski definition) is 13. The van der Waals surface area contributed by atoms with Gasteiger partial charge in [0.05, 0.1) is 32.2 Å². The van der Waals surface area contributed by atoms with Crippen molar-refractivity contribution >= 4 is 59.5 Å². The molecule has 22 heteroatoms. The van der Waals surface area contributed by atoms with E-state index < -0.39 is 128 Å². The highest BCUT2D eigenvalue weighted by Crippen LogP contribution is 2.10. The summed E-state index contributed by atoms with van der Waals surface area (Å²) in [5, 5.41) is 38.7. The van der Waals surface area contributed by atoms with Crippen LogP contribution in [0, 0.1) is 5.92 Å². The van der Waals surface area contributed by atoms with E-state index in [4.69, 9.17) is 11.5 Å². The summed E-state index contributed by atoms with van der Waals surface area (Å²) in [5.41, 5.74) is 11.2. The molecule has 2 rings (SSSR count). The Labute approximate surface area is 340 Å². The van der Waals surface area contributed by atoms with E-state index in [2.05, 4.69) is 42.5 Å². The highest BCUT2D eigenvalue weighted by molar-refractivity contribution is 5.98. The molecule has 1 aromatic carbocycles. The molecule has 14 N–H and O–H groups in total. The Kier molecular flexibility index (Phi) is 21.1. The van der Waals surface area contributed by atoms with Gasteiger partial charge in [-0.15, -0.1) is 0 Å². The number of rotatable bonds is 26. The molecular formula is C37H56N10O12. The second-order valence-corrected chi connectivity index (χ2v) is 14.3. The molecule has 1 aromatic rings. The molecular weight excluding hydrogens is 776 g/mol. The molecule has 1 aliphatic rings. The fourth-order valence-corrected chi connectivity index (χ4v) is 5.86. The molecule has 0 bridgehead atoms. The van der Waals surface area contributed by atoms with Crippen molar-refractivity contribution in [1.82, 2.24) is 42.5 Å². The summed E-state index contributed by atoms with van der Waals surface area (Å²) in [4.78, 5) is 127. The summed E-state index contributed by atoms with van der Waals surface area (Å²) in [6, 6.07) is -0.922. The SMILES string of the molecule is CC(C)C[C@H](NC(=O)[C@H](Cc1ccccc1)NC(=O)[C@H](CC(N)=O)NC(=O)CNC(=O)[C@@H]1CCCN1)C(=O)N[C@@H](CCC(N)=O)C(=O)N[C@@H](CO)C(=O)N[C@H](C=O)CO. The zero-order chi connectivity index (χ0) is 44.1. The summed E-state index contributed by atoms with van der Waals surface area (Å²) < 4.78 is 0. The van der Waals surface area contributed by atoms with Crippen molar-refractivity contribution in [2.75, 3.05) is 26.3 Å². The smallest absolute Gasteiger partial charge is 0.245 e. The molecule has 9 amide bonds. The van der Waals surface area contributed by atoms with Gasteiger partial charge in [0.15, 0.2) is 0 Å². The van der Waals surface area contributed by atoms with Crippen LogP contribution >= 0.6 is 0 Å². The Morgan fingerprint density at radius 2 is 1.32 bits per heavy atom. The van der Waals surface area contributed by atoms with Crippen LogP contribution in [0.4, 0.5) is 0 Å². The Balaban J connectivity index is 2.31. The molecule has 59 heavy (non-hydrogen) atoms. The van der Waals surface area contributed by atoms with Gasteiger partial charge in [0.25, 0.3) is 0 Å². The number of benzene rings is 1. The maximum absolute atomic E-state index is 14.0. The predicted octanol–water partition coefficient (Wildman–Crippen LogP) is -5.62. The summed E-state index contributed by atoms with van der Waals surface area (Å²) in [6.07, 6.45) is 0.0111. The lowest BCUT2D eigenvalue weighted by Gasteiger charge is -2.28. The predicted molar refractivity (Wildman–Crippen MR) is 208 cm³/mol. The first-order chi connectivity index (χ1) is 28.0. The molecule has 7 atom stereocenters. The van der Waals surface area contributed by atoms with E-state index in [1.807, 2.05) is 0 Å². The minimum absolute atomic E-state index is 0.00783. The third-order valence-electron chi connectivity index (χ3n) is 8.93. The fourth-order valence-electron chi connectivity index (χ4n) is 5.86. The van der Waals surface area contributed by atoms with Crippen LogP contribution in [0.15, 0.2) is 30.3 Å². The van der Waals surface area contributed by atoms with E-state index in [0.717, 1.165) is 6.42 Å². The number of aliphatic hydroxyl groups excluding tert-OH is 2. The second-order valence-electron chi connectivity index (χ2n) is 14.3. The molecule has 0 saturated carbocycles. The number of nitrogens with one attached hydrogen (secondary N) is 8. The zero-order valence-corrected chi connectivity index (χ0v) is 33.0. The van der Waals surface area contributed by atoms with Gasteiger partial charge in [0.1, 0.15) is 42.5 Å². The number of primary amides is 2. The van der Waals surface area contributed by atoms with Gasteiger partial charge in [0, 0.05) is 12.8 Å². The van der Waals surface area contributed by atoms with Gasteiger partial charge >= 0.3 is 0 Å². The Morgan fingerprint density at radius 3 is 1.88 bits per heavy atom. The van der Waals surface area contributed by atoms with Crippen LogP contribution in [0.1, 0.15) is 57.9 Å². The fraction of sp³-hybridized carbons (Fsp3) is 0.568. The lowest BCUT2D eigenvalue weighted by Crippen LogP contribution is -2.60. The summed E-state index contributed by atoms with van der Waals surface area (Å²) in [7, 11) is 0. The van der Waals surface area contributed by atoms with Gasteiger partial charge in [-0.3, -0.25) is 43.2 Å². The van der Waals surface area contributed by atoms with Crippen LogP contribution in [0.2, 0.25) is 0 Å². The summed E-state index contributed by atoms with van der Waals surface area (Å²) >= 11 is 0. The molecule has 0 unspecified atom stereocenters. The van der Waals surface area contributed by atoms with E-state index >= 15 is 0 Å². The molecule has 326 valence electrons. The number of carbonyl (C=O) groups excluding carboxylic acids is 10.